The predicted octanol–water partition coefficient (Wildman–Crippen LogP) is 3.06. The van der Waals surface area contributed by atoms with Crippen LogP contribution in [0.3, 0.4) is 0 Å². The van der Waals surface area contributed by atoms with Crippen LogP contribution in [0.25, 0.3) is 0 Å². The van der Waals surface area contributed by atoms with Crippen LogP contribution in [0.1, 0.15) is 40.0 Å². The Labute approximate surface area is 175 Å². The smallest absolute Gasteiger partial charge is 0.277 e. The monoisotopic (exact) mass is 401 g/mol. The molecule has 0 aliphatic carbocycles. The van der Waals surface area contributed by atoms with Crippen LogP contribution in [0.15, 0.2) is 48.9 Å². The van der Waals surface area contributed by atoms with Gasteiger partial charge in [0, 0.05) is 30.2 Å². The topological polar surface area (TPSA) is 83.1 Å². The Morgan fingerprint density at radius 1 is 1.20 bits per heavy atom. The number of carbonyl (C=O) groups is 1. The second-order valence-corrected chi connectivity index (χ2v) is 7.15. The predicted molar refractivity (Wildman–Crippen MR) is 114 cm³/mol. The number of likely N-dealkylation sites (tertiary alicyclic amines) is 1. The van der Waals surface area contributed by atoms with Crippen LogP contribution in [0.4, 0.5) is 5.69 Å². The lowest BCUT2D eigenvalue weighted by molar-refractivity contribution is 0.102. The van der Waals surface area contributed by atoms with Crippen LogP contribution in [0, 0.1) is 11.8 Å². The van der Waals surface area contributed by atoms with E-state index in [1.165, 1.54) is 18.4 Å². The van der Waals surface area contributed by atoms with Crippen molar-refractivity contribution in [2.24, 2.45) is 0 Å². The van der Waals surface area contributed by atoms with Crippen molar-refractivity contribution in [1.82, 2.24) is 20.1 Å². The minimum atomic E-state index is -0.309. The fraction of sp³-hybridized carbons (Fsp3) is 0.261. The second kappa shape index (κ2) is 9.25. The molecule has 3 aromatic rings. The molecule has 152 valence electrons. The van der Waals surface area contributed by atoms with E-state index in [1.54, 1.807) is 31.8 Å². The molecule has 0 unspecified atom stereocenters. The van der Waals surface area contributed by atoms with Gasteiger partial charge < -0.3 is 10.1 Å². The number of carbonyl (C=O) groups excluding carboxylic acids is 1. The molecule has 0 saturated carbocycles. The lowest BCUT2D eigenvalue weighted by atomic mass is 10.2. The largest absolute Gasteiger partial charge is 0.495 e. The summed E-state index contributed by atoms with van der Waals surface area (Å²) in [5, 5.41) is 9.66. The number of pyridine rings is 1. The van der Waals surface area contributed by atoms with Gasteiger partial charge in [0.05, 0.1) is 18.9 Å². The van der Waals surface area contributed by atoms with Gasteiger partial charge in [-0.25, -0.2) is 0 Å². The molecule has 0 radical (unpaired) electrons. The molecule has 0 bridgehead atoms. The zero-order chi connectivity index (χ0) is 20.8. The highest BCUT2D eigenvalue weighted by molar-refractivity contribution is 6.04. The Balaban J connectivity index is 1.42. The van der Waals surface area contributed by atoms with E-state index in [9.17, 15) is 4.79 Å². The maximum absolute atomic E-state index is 12.7. The average Bonchev–Trinajstić information content (AvgIpc) is 3.46. The second-order valence-electron chi connectivity index (χ2n) is 7.15. The molecule has 4 rings (SSSR count). The molecule has 30 heavy (non-hydrogen) atoms. The van der Waals surface area contributed by atoms with E-state index in [-0.39, 0.29) is 11.6 Å². The van der Waals surface area contributed by atoms with Gasteiger partial charge in [0.15, 0.2) is 5.69 Å². The van der Waals surface area contributed by atoms with Gasteiger partial charge in [-0.1, -0.05) is 24.0 Å². The van der Waals surface area contributed by atoms with Crippen LogP contribution in [0.5, 0.6) is 5.75 Å². The van der Waals surface area contributed by atoms with Crippen molar-refractivity contribution in [1.29, 1.82) is 0 Å². The summed E-state index contributed by atoms with van der Waals surface area (Å²) in [6, 6.07) is 9.72. The SMILES string of the molecule is COc1cncc(C#Cc2c[nH]nc2C(=O)Nc2ccc(CN3CCCC3)cc2)c1. The van der Waals surface area contributed by atoms with Gasteiger partial charge >= 0.3 is 0 Å². The van der Waals surface area contributed by atoms with Crippen LogP contribution in [0.2, 0.25) is 0 Å². The summed E-state index contributed by atoms with van der Waals surface area (Å²) >= 11 is 0. The number of amides is 1. The molecule has 0 atom stereocenters. The highest BCUT2D eigenvalue weighted by atomic mass is 16.5. The van der Waals surface area contributed by atoms with Crippen molar-refractivity contribution in [3.63, 3.8) is 0 Å². The highest BCUT2D eigenvalue weighted by Crippen LogP contribution is 2.16. The van der Waals surface area contributed by atoms with E-state index in [0.717, 1.165) is 25.3 Å². The number of hydrogen-bond donors (Lipinski definition) is 2. The summed E-state index contributed by atoms with van der Waals surface area (Å²) in [4.78, 5) is 19.2. The van der Waals surface area contributed by atoms with Crippen molar-refractivity contribution in [2.75, 3.05) is 25.5 Å². The van der Waals surface area contributed by atoms with E-state index in [0.29, 0.717) is 16.9 Å². The number of nitrogens with zero attached hydrogens (tertiary/aromatic N) is 3. The van der Waals surface area contributed by atoms with Gasteiger partial charge in [-0.3, -0.25) is 19.8 Å². The Bertz CT molecular complexity index is 1070. The summed E-state index contributed by atoms with van der Waals surface area (Å²) < 4.78 is 5.15. The first-order chi connectivity index (χ1) is 14.7. The standard InChI is InChI=1S/C23H23N5O2/c1-30-21-12-18(13-24-15-21)4-7-19-14-25-27-22(19)23(29)26-20-8-5-17(6-9-20)16-28-10-2-3-11-28/h5-6,8-9,12-15H,2-3,10-11,16H2,1H3,(H,25,27)(H,26,29). The number of H-pyrrole nitrogens is 1. The van der Waals surface area contributed by atoms with Gasteiger partial charge in [0.1, 0.15) is 5.75 Å². The molecule has 1 aromatic carbocycles. The molecule has 3 heterocycles. The number of hydrogen-bond acceptors (Lipinski definition) is 5. The molecule has 7 nitrogen and oxygen atoms in total. The summed E-state index contributed by atoms with van der Waals surface area (Å²) in [6.07, 6.45) is 7.40. The number of rotatable bonds is 5. The fourth-order valence-corrected chi connectivity index (χ4v) is 3.38. The Morgan fingerprint density at radius 2 is 2.00 bits per heavy atom. The Morgan fingerprint density at radius 3 is 2.77 bits per heavy atom. The van der Waals surface area contributed by atoms with Gasteiger partial charge in [0.2, 0.25) is 0 Å². The normalized spacial score (nSPS) is 13.5. The molecule has 1 aliphatic rings. The average molecular weight is 401 g/mol. The zero-order valence-electron chi connectivity index (χ0n) is 16.8. The van der Waals surface area contributed by atoms with E-state index in [2.05, 4.69) is 49.4 Å². The van der Waals surface area contributed by atoms with Crippen molar-refractivity contribution < 1.29 is 9.53 Å². The Kier molecular flexibility index (Phi) is 6.06. The number of aromatic amines is 1. The van der Waals surface area contributed by atoms with E-state index >= 15 is 0 Å². The van der Waals surface area contributed by atoms with E-state index in [1.807, 2.05) is 12.1 Å². The number of ether oxygens (including phenoxy) is 1. The third-order valence-corrected chi connectivity index (χ3v) is 4.96. The summed E-state index contributed by atoms with van der Waals surface area (Å²) in [5.74, 6) is 6.27. The fourth-order valence-electron chi connectivity index (χ4n) is 3.38. The molecule has 2 aromatic heterocycles. The molecular weight excluding hydrogens is 378 g/mol. The van der Waals surface area contributed by atoms with Crippen LogP contribution in [-0.2, 0) is 6.54 Å². The third kappa shape index (κ3) is 4.85. The van der Waals surface area contributed by atoms with Gasteiger partial charge in [-0.05, 0) is 49.7 Å². The van der Waals surface area contributed by atoms with Crippen molar-refractivity contribution in [2.45, 2.75) is 19.4 Å². The molecule has 1 saturated heterocycles. The van der Waals surface area contributed by atoms with Crippen molar-refractivity contribution >= 4 is 11.6 Å². The number of nitrogens with one attached hydrogen (secondary N) is 2. The zero-order valence-corrected chi connectivity index (χ0v) is 16.8. The maximum Gasteiger partial charge on any atom is 0.277 e. The van der Waals surface area contributed by atoms with Crippen molar-refractivity contribution in [3.05, 3.63) is 71.3 Å². The third-order valence-electron chi connectivity index (χ3n) is 4.96. The summed E-state index contributed by atoms with van der Waals surface area (Å²) in [5.41, 5.74) is 3.42. The molecular formula is C23H23N5O2. The molecule has 1 amide bonds. The number of anilines is 1. The highest BCUT2D eigenvalue weighted by Gasteiger charge is 2.15. The number of benzene rings is 1. The number of methoxy groups -OCH3 is 1. The quantitative estimate of drug-likeness (QED) is 0.642. The number of aromatic nitrogens is 3. The van der Waals surface area contributed by atoms with Crippen LogP contribution >= 0.6 is 0 Å². The minimum Gasteiger partial charge on any atom is -0.495 e. The lowest BCUT2D eigenvalue weighted by Crippen LogP contribution is -2.18. The van der Waals surface area contributed by atoms with Crippen LogP contribution < -0.4 is 10.1 Å². The van der Waals surface area contributed by atoms with Gasteiger partial charge in [0.25, 0.3) is 5.91 Å². The first-order valence-corrected chi connectivity index (χ1v) is 9.89. The van der Waals surface area contributed by atoms with E-state index < -0.39 is 0 Å². The lowest BCUT2D eigenvalue weighted by Gasteiger charge is -2.14. The molecule has 1 fully saturated rings. The van der Waals surface area contributed by atoms with Crippen LogP contribution in [-0.4, -0.2) is 46.2 Å². The molecule has 2 N–H and O–H groups in total. The summed E-state index contributed by atoms with van der Waals surface area (Å²) in [6.45, 7) is 3.27. The van der Waals surface area contributed by atoms with Crippen molar-refractivity contribution in [3.8, 4) is 17.6 Å². The molecule has 7 heteroatoms. The first-order valence-electron chi connectivity index (χ1n) is 9.89. The maximum atomic E-state index is 12.7. The molecule has 1 aliphatic heterocycles. The Hall–Kier alpha value is -3.63. The minimum absolute atomic E-state index is 0.250. The van der Waals surface area contributed by atoms with E-state index in [4.69, 9.17) is 4.74 Å². The first kappa shape index (κ1) is 19.7. The van der Waals surface area contributed by atoms with Gasteiger partial charge in [-0.15, -0.1) is 0 Å². The summed E-state index contributed by atoms with van der Waals surface area (Å²) in [7, 11) is 1.58. The molecule has 0 spiro atoms. The van der Waals surface area contributed by atoms with Gasteiger partial charge in [-0.2, -0.15) is 5.10 Å².